The van der Waals surface area contributed by atoms with E-state index in [2.05, 4.69) is 5.32 Å². The number of rotatable bonds is 6. The van der Waals surface area contributed by atoms with E-state index in [4.69, 9.17) is 16.7 Å². The van der Waals surface area contributed by atoms with E-state index in [0.717, 1.165) is 5.56 Å². The average Bonchev–Trinajstić information content (AvgIpc) is 2.30. The normalized spacial score (nSPS) is 12.2. The molecule has 19 heavy (non-hydrogen) atoms. The van der Waals surface area contributed by atoms with Gasteiger partial charge in [-0.25, -0.2) is 0 Å². The van der Waals surface area contributed by atoms with Gasteiger partial charge in [-0.05, 0) is 23.6 Å². The number of nitrogens with one attached hydrogen (secondary N) is 1. The van der Waals surface area contributed by atoms with Crippen molar-refractivity contribution in [3.63, 3.8) is 0 Å². The minimum absolute atomic E-state index is 0.0655. The molecule has 2 N–H and O–H groups in total. The predicted octanol–water partition coefficient (Wildman–Crippen LogP) is 2.50. The van der Waals surface area contributed by atoms with E-state index in [9.17, 15) is 9.59 Å². The summed E-state index contributed by atoms with van der Waals surface area (Å²) in [6.07, 6.45) is 0.157. The van der Waals surface area contributed by atoms with Crippen molar-refractivity contribution >= 4 is 23.5 Å². The number of carboxylic acid groups (broad SMARTS) is 1. The second-order valence-corrected chi connectivity index (χ2v) is 5.26. The van der Waals surface area contributed by atoms with Crippen molar-refractivity contribution in [2.75, 3.05) is 0 Å². The third-order valence-electron chi connectivity index (χ3n) is 2.82. The number of aliphatic carboxylic acids is 1. The van der Waals surface area contributed by atoms with Crippen LogP contribution >= 0.6 is 11.6 Å². The highest BCUT2D eigenvalue weighted by Gasteiger charge is 2.19. The first-order chi connectivity index (χ1) is 8.88. The molecule has 0 bridgehead atoms. The Hall–Kier alpha value is -1.55. The number of halogens is 1. The molecule has 0 aliphatic heterocycles. The zero-order valence-corrected chi connectivity index (χ0v) is 11.8. The summed E-state index contributed by atoms with van der Waals surface area (Å²) in [6, 6.07) is 6.66. The molecule has 1 rings (SSSR count). The van der Waals surface area contributed by atoms with Crippen LogP contribution < -0.4 is 5.32 Å². The fourth-order valence-electron chi connectivity index (χ4n) is 1.69. The number of carbonyl (C=O) groups excluding carboxylic acids is 1. The lowest BCUT2D eigenvalue weighted by atomic mass is 10.0. The first-order valence-electron chi connectivity index (χ1n) is 6.14. The maximum absolute atomic E-state index is 11.9. The molecule has 1 amide bonds. The molecule has 0 spiro atoms. The van der Waals surface area contributed by atoms with Crippen LogP contribution in [0.15, 0.2) is 24.3 Å². The Labute approximate surface area is 117 Å². The van der Waals surface area contributed by atoms with E-state index in [1.54, 1.807) is 24.3 Å². The minimum atomic E-state index is -0.912. The molecule has 1 atom stereocenters. The molecular weight excluding hydrogens is 266 g/mol. The molecule has 4 nitrogen and oxygen atoms in total. The number of hydrogen-bond donors (Lipinski definition) is 2. The molecule has 104 valence electrons. The first kappa shape index (κ1) is 15.5. The molecular formula is C14H18ClNO3. The van der Waals surface area contributed by atoms with E-state index >= 15 is 0 Å². The van der Waals surface area contributed by atoms with Crippen molar-refractivity contribution in [2.24, 2.45) is 5.92 Å². The van der Waals surface area contributed by atoms with Gasteiger partial charge in [-0.2, -0.15) is 0 Å². The highest BCUT2D eigenvalue weighted by molar-refractivity contribution is 6.30. The summed E-state index contributed by atoms with van der Waals surface area (Å²) in [7, 11) is 0. The summed E-state index contributed by atoms with van der Waals surface area (Å²) in [6.45, 7) is 3.77. The van der Waals surface area contributed by atoms with Crippen LogP contribution in [-0.4, -0.2) is 23.0 Å². The van der Waals surface area contributed by atoms with Crippen LogP contribution in [0.25, 0.3) is 0 Å². The second kappa shape index (κ2) is 7.14. The van der Waals surface area contributed by atoms with Gasteiger partial charge in [0.25, 0.3) is 0 Å². The van der Waals surface area contributed by atoms with Crippen molar-refractivity contribution < 1.29 is 14.7 Å². The van der Waals surface area contributed by atoms with Gasteiger partial charge in [-0.15, -0.1) is 0 Å². The van der Waals surface area contributed by atoms with E-state index in [1.807, 2.05) is 13.8 Å². The van der Waals surface area contributed by atoms with Crippen LogP contribution in [0, 0.1) is 5.92 Å². The number of amides is 1. The van der Waals surface area contributed by atoms with E-state index in [-0.39, 0.29) is 30.7 Å². The minimum Gasteiger partial charge on any atom is -0.481 e. The van der Waals surface area contributed by atoms with Crippen LogP contribution in [0.5, 0.6) is 0 Å². The highest BCUT2D eigenvalue weighted by atomic mass is 35.5. The molecule has 0 radical (unpaired) electrons. The van der Waals surface area contributed by atoms with Crippen molar-refractivity contribution in [1.82, 2.24) is 5.32 Å². The Morgan fingerprint density at radius 1 is 1.26 bits per heavy atom. The van der Waals surface area contributed by atoms with Crippen molar-refractivity contribution in [3.05, 3.63) is 34.9 Å². The largest absolute Gasteiger partial charge is 0.481 e. The van der Waals surface area contributed by atoms with Crippen molar-refractivity contribution in [2.45, 2.75) is 32.7 Å². The SMILES string of the molecule is CC(C)C(CC(=O)O)NC(=O)Cc1ccc(Cl)cc1. The zero-order chi connectivity index (χ0) is 14.4. The fourth-order valence-corrected chi connectivity index (χ4v) is 1.81. The smallest absolute Gasteiger partial charge is 0.305 e. The summed E-state index contributed by atoms with van der Waals surface area (Å²) in [5.41, 5.74) is 0.847. The molecule has 0 aliphatic rings. The highest BCUT2D eigenvalue weighted by Crippen LogP contribution is 2.11. The van der Waals surface area contributed by atoms with Gasteiger partial charge in [0, 0.05) is 11.1 Å². The summed E-state index contributed by atoms with van der Waals surface area (Å²) in [4.78, 5) is 22.6. The number of hydrogen-bond acceptors (Lipinski definition) is 2. The van der Waals surface area contributed by atoms with Crippen LogP contribution in [-0.2, 0) is 16.0 Å². The van der Waals surface area contributed by atoms with Gasteiger partial charge in [-0.1, -0.05) is 37.6 Å². The van der Waals surface area contributed by atoms with E-state index in [1.165, 1.54) is 0 Å². The molecule has 1 aromatic rings. The Morgan fingerprint density at radius 3 is 2.32 bits per heavy atom. The van der Waals surface area contributed by atoms with E-state index < -0.39 is 5.97 Å². The monoisotopic (exact) mass is 283 g/mol. The number of benzene rings is 1. The number of carboxylic acids is 1. The Bertz CT molecular complexity index is 443. The maximum atomic E-state index is 11.9. The predicted molar refractivity (Wildman–Crippen MR) is 74.2 cm³/mol. The Balaban J connectivity index is 2.57. The second-order valence-electron chi connectivity index (χ2n) is 4.82. The molecule has 0 aliphatic carbocycles. The zero-order valence-electron chi connectivity index (χ0n) is 11.0. The van der Waals surface area contributed by atoms with Gasteiger partial charge in [0.1, 0.15) is 0 Å². The summed E-state index contributed by atoms with van der Waals surface area (Å²) in [5.74, 6) is -1.02. The van der Waals surface area contributed by atoms with Crippen LogP contribution in [0.1, 0.15) is 25.8 Å². The fraction of sp³-hybridized carbons (Fsp3) is 0.429. The summed E-state index contributed by atoms with van der Waals surface area (Å²) in [5, 5.41) is 12.2. The maximum Gasteiger partial charge on any atom is 0.305 e. The van der Waals surface area contributed by atoms with Gasteiger partial charge in [0.15, 0.2) is 0 Å². The lowest BCUT2D eigenvalue weighted by Crippen LogP contribution is -2.40. The molecule has 0 heterocycles. The van der Waals surface area contributed by atoms with E-state index in [0.29, 0.717) is 5.02 Å². The molecule has 0 saturated heterocycles. The average molecular weight is 284 g/mol. The van der Waals surface area contributed by atoms with Gasteiger partial charge in [-0.3, -0.25) is 9.59 Å². The summed E-state index contributed by atoms with van der Waals surface area (Å²) < 4.78 is 0. The Kier molecular flexibility index (Phi) is 5.83. The number of carbonyl (C=O) groups is 2. The van der Waals surface area contributed by atoms with Gasteiger partial charge in [0.2, 0.25) is 5.91 Å². The standard InChI is InChI=1S/C14H18ClNO3/c1-9(2)12(8-14(18)19)16-13(17)7-10-3-5-11(15)6-4-10/h3-6,9,12H,7-8H2,1-2H3,(H,16,17)(H,18,19). The molecule has 0 fully saturated rings. The Morgan fingerprint density at radius 2 is 1.84 bits per heavy atom. The molecule has 1 unspecified atom stereocenters. The molecule has 1 aromatic carbocycles. The van der Waals surface area contributed by atoms with Crippen LogP contribution in [0.2, 0.25) is 5.02 Å². The van der Waals surface area contributed by atoms with Crippen molar-refractivity contribution in [1.29, 1.82) is 0 Å². The van der Waals surface area contributed by atoms with Gasteiger partial charge >= 0.3 is 5.97 Å². The summed E-state index contributed by atoms with van der Waals surface area (Å²) >= 11 is 5.77. The van der Waals surface area contributed by atoms with Gasteiger partial charge < -0.3 is 10.4 Å². The van der Waals surface area contributed by atoms with Gasteiger partial charge in [0.05, 0.1) is 12.8 Å². The molecule has 0 saturated carbocycles. The lowest BCUT2D eigenvalue weighted by molar-refractivity contribution is -0.138. The lowest BCUT2D eigenvalue weighted by Gasteiger charge is -2.20. The molecule has 5 heteroatoms. The quantitative estimate of drug-likeness (QED) is 0.843. The third-order valence-corrected chi connectivity index (χ3v) is 3.08. The topological polar surface area (TPSA) is 66.4 Å². The van der Waals surface area contributed by atoms with Crippen LogP contribution in [0.4, 0.5) is 0 Å². The van der Waals surface area contributed by atoms with Crippen LogP contribution in [0.3, 0.4) is 0 Å². The molecule has 0 aromatic heterocycles. The third kappa shape index (κ3) is 5.75. The first-order valence-corrected chi connectivity index (χ1v) is 6.52. The van der Waals surface area contributed by atoms with Crippen molar-refractivity contribution in [3.8, 4) is 0 Å².